The summed E-state index contributed by atoms with van der Waals surface area (Å²) < 4.78 is 12.9. The van der Waals surface area contributed by atoms with Crippen LogP contribution in [0.5, 0.6) is 11.5 Å². The van der Waals surface area contributed by atoms with E-state index in [9.17, 15) is 0 Å². The van der Waals surface area contributed by atoms with Crippen molar-refractivity contribution in [3.05, 3.63) is 72.6 Å². The summed E-state index contributed by atoms with van der Waals surface area (Å²) in [6.45, 7) is 6.62. The van der Waals surface area contributed by atoms with Gasteiger partial charge in [-0.1, -0.05) is 237 Å². The van der Waals surface area contributed by atoms with Gasteiger partial charge in [-0.2, -0.15) is 0 Å². The largest absolute Gasteiger partial charge is 0.465 e. The Morgan fingerprint density at radius 1 is 0.439 bits per heavy atom. The number of allylic oxidation sites excluding steroid dienone is 2. The number of anilines is 2. The van der Waals surface area contributed by atoms with Crippen molar-refractivity contribution in [3.63, 3.8) is 0 Å². The fourth-order valence-corrected chi connectivity index (χ4v) is 8.80. The molecule has 320 valence electrons. The van der Waals surface area contributed by atoms with Gasteiger partial charge in [0.15, 0.2) is 12.0 Å². The summed E-state index contributed by atoms with van der Waals surface area (Å²) >= 11 is 0. The van der Waals surface area contributed by atoms with Gasteiger partial charge in [0.1, 0.15) is 5.75 Å². The summed E-state index contributed by atoms with van der Waals surface area (Å²) in [5.74, 6) is 2.88. The van der Waals surface area contributed by atoms with E-state index in [1.165, 1.54) is 217 Å². The zero-order chi connectivity index (χ0) is 39.9. The van der Waals surface area contributed by atoms with Gasteiger partial charge >= 0.3 is 0 Å². The minimum Gasteiger partial charge on any atom is -0.465 e. The lowest BCUT2D eigenvalue weighted by Gasteiger charge is -2.23. The van der Waals surface area contributed by atoms with Crippen molar-refractivity contribution >= 4 is 11.4 Å². The molecule has 0 N–H and O–H groups in total. The van der Waals surface area contributed by atoms with Crippen molar-refractivity contribution in [2.24, 2.45) is 0 Å². The Bertz CT molecular complexity index is 1340. The third kappa shape index (κ3) is 19.2. The Morgan fingerprint density at radius 2 is 0.825 bits per heavy atom. The van der Waals surface area contributed by atoms with Crippen LogP contribution in [-0.4, -0.2) is 19.3 Å². The molecule has 0 bridgehead atoms. The van der Waals surface area contributed by atoms with E-state index in [4.69, 9.17) is 9.47 Å². The highest BCUT2D eigenvalue weighted by molar-refractivity contribution is 5.66. The fraction of sp³-hybridized carbons (Fsp3) is 0.698. The molecule has 0 saturated heterocycles. The van der Waals surface area contributed by atoms with Gasteiger partial charge < -0.3 is 19.3 Å². The van der Waals surface area contributed by atoms with Gasteiger partial charge in [-0.05, 0) is 49.3 Å². The molecule has 2 aliphatic heterocycles. The predicted molar refractivity (Wildman–Crippen MR) is 249 cm³/mol. The molecule has 57 heavy (non-hydrogen) atoms. The van der Waals surface area contributed by atoms with Crippen LogP contribution in [0.15, 0.2) is 72.6 Å². The Labute approximate surface area is 352 Å². The molecule has 2 heterocycles. The highest BCUT2D eigenvalue weighted by Gasteiger charge is 2.29. The second kappa shape index (κ2) is 31.1. The molecule has 4 rings (SSSR count). The van der Waals surface area contributed by atoms with Gasteiger partial charge in [0.25, 0.3) is 0 Å². The average molecular weight is 783 g/mol. The summed E-state index contributed by atoms with van der Waals surface area (Å²) in [4.78, 5) is 4.83. The second-order valence-corrected chi connectivity index (χ2v) is 17.4. The number of benzene rings is 2. The third-order valence-corrected chi connectivity index (χ3v) is 12.4. The van der Waals surface area contributed by atoms with Gasteiger partial charge in [0.2, 0.25) is 5.88 Å². The molecule has 0 saturated carbocycles. The Hall–Kier alpha value is -2.88. The van der Waals surface area contributed by atoms with Gasteiger partial charge in [0.05, 0.1) is 11.4 Å². The smallest absolute Gasteiger partial charge is 0.200 e. The fourth-order valence-electron chi connectivity index (χ4n) is 8.80. The number of hydrogen-bond acceptors (Lipinski definition) is 4. The minimum atomic E-state index is -0.0897. The van der Waals surface area contributed by atoms with Crippen LogP contribution in [0, 0.1) is 0 Å². The molecule has 4 heteroatoms. The lowest BCUT2D eigenvalue weighted by Crippen LogP contribution is -2.33. The number of ether oxygens (including phenoxy) is 2. The molecule has 0 fully saturated rings. The van der Waals surface area contributed by atoms with Crippen molar-refractivity contribution < 1.29 is 9.47 Å². The maximum absolute atomic E-state index is 6.47. The van der Waals surface area contributed by atoms with Crippen molar-refractivity contribution in [2.45, 2.75) is 226 Å². The molecule has 1 atom stereocenters. The van der Waals surface area contributed by atoms with Crippen LogP contribution in [0.25, 0.3) is 0 Å². The molecule has 0 aliphatic carbocycles. The molecule has 0 radical (unpaired) electrons. The SMILES string of the molecule is CCCCCCCCCCCCCCCCCCN1C(=CC=CC2Oc3ccccc3N2CCCCCCCCCCCCCCCCCC)Oc2ccccc21. The van der Waals surface area contributed by atoms with Crippen molar-refractivity contribution in [2.75, 3.05) is 22.9 Å². The Kier molecular flexibility index (Phi) is 25.5. The van der Waals surface area contributed by atoms with Gasteiger partial charge in [-0.15, -0.1) is 0 Å². The van der Waals surface area contributed by atoms with Crippen LogP contribution in [-0.2, 0) is 0 Å². The predicted octanol–water partition coefficient (Wildman–Crippen LogP) is 17.0. The number of hydrogen-bond donors (Lipinski definition) is 0. The standard InChI is InChI=1S/C53H86N2O2/c1-3-5-7-9-11-13-15-17-19-21-23-25-27-29-31-37-46-54-48-40-33-35-42-50(48)56-52(54)44-39-45-53-55(49-41-34-36-43-51(49)57-53)47-38-32-30-28-26-24-22-20-18-16-14-12-10-8-6-4-2/h33-36,39-45,52H,3-32,37-38,46-47H2,1-2H3. The Balaban J connectivity index is 1.10. The van der Waals surface area contributed by atoms with E-state index < -0.39 is 0 Å². The van der Waals surface area contributed by atoms with E-state index >= 15 is 0 Å². The van der Waals surface area contributed by atoms with Gasteiger partial charge in [-0.25, -0.2) is 0 Å². The van der Waals surface area contributed by atoms with E-state index in [2.05, 4.69) is 90.4 Å². The van der Waals surface area contributed by atoms with Crippen molar-refractivity contribution in [1.29, 1.82) is 0 Å². The molecule has 0 amide bonds. The van der Waals surface area contributed by atoms with E-state index in [1.54, 1.807) is 0 Å². The summed E-state index contributed by atoms with van der Waals surface area (Å²) in [6, 6.07) is 17.0. The number of fused-ring (bicyclic) bond motifs is 2. The number of unbranched alkanes of at least 4 members (excludes halogenated alkanes) is 30. The summed E-state index contributed by atoms with van der Waals surface area (Å²) in [5.41, 5.74) is 2.41. The van der Waals surface area contributed by atoms with Crippen LogP contribution in [0.1, 0.15) is 219 Å². The van der Waals surface area contributed by atoms with E-state index in [0.29, 0.717) is 0 Å². The first-order valence-corrected chi connectivity index (χ1v) is 24.8. The molecule has 0 aromatic heterocycles. The number of rotatable bonds is 36. The van der Waals surface area contributed by atoms with Crippen LogP contribution in [0.3, 0.4) is 0 Å². The highest BCUT2D eigenvalue weighted by atomic mass is 16.5. The third-order valence-electron chi connectivity index (χ3n) is 12.4. The topological polar surface area (TPSA) is 24.9 Å². The zero-order valence-electron chi connectivity index (χ0n) is 37.2. The molecule has 0 spiro atoms. The first kappa shape index (κ1) is 46.8. The van der Waals surface area contributed by atoms with Crippen LogP contribution in [0.4, 0.5) is 11.4 Å². The number of para-hydroxylation sites is 4. The van der Waals surface area contributed by atoms with Crippen molar-refractivity contribution in [3.8, 4) is 11.5 Å². The maximum Gasteiger partial charge on any atom is 0.200 e. The van der Waals surface area contributed by atoms with Crippen LogP contribution in [0.2, 0.25) is 0 Å². The average Bonchev–Trinajstić information content (AvgIpc) is 3.77. The van der Waals surface area contributed by atoms with Crippen LogP contribution >= 0.6 is 0 Å². The molecular weight excluding hydrogens is 697 g/mol. The molecule has 4 nitrogen and oxygen atoms in total. The highest BCUT2D eigenvalue weighted by Crippen LogP contribution is 2.40. The van der Waals surface area contributed by atoms with E-state index in [0.717, 1.165) is 30.5 Å². The quantitative estimate of drug-likeness (QED) is 0.0643. The zero-order valence-corrected chi connectivity index (χ0v) is 37.2. The lowest BCUT2D eigenvalue weighted by molar-refractivity contribution is 0.272. The Morgan fingerprint density at radius 3 is 1.30 bits per heavy atom. The molecule has 2 aliphatic rings. The minimum absolute atomic E-state index is 0.0897. The first-order chi connectivity index (χ1) is 28.3. The first-order valence-electron chi connectivity index (χ1n) is 24.8. The van der Waals surface area contributed by atoms with E-state index in [-0.39, 0.29) is 6.23 Å². The molecule has 2 aromatic carbocycles. The summed E-state index contributed by atoms with van der Waals surface area (Å²) in [7, 11) is 0. The van der Waals surface area contributed by atoms with Gasteiger partial charge in [0, 0.05) is 13.1 Å². The maximum atomic E-state index is 6.47. The molecule has 2 aromatic rings. The number of nitrogens with zero attached hydrogens (tertiary/aromatic N) is 2. The normalized spacial score (nSPS) is 15.5. The summed E-state index contributed by atoms with van der Waals surface area (Å²) in [6.07, 6.45) is 51.0. The van der Waals surface area contributed by atoms with Crippen molar-refractivity contribution in [1.82, 2.24) is 0 Å². The molecule has 1 unspecified atom stereocenters. The van der Waals surface area contributed by atoms with Gasteiger partial charge in [-0.3, -0.25) is 0 Å². The second-order valence-electron chi connectivity index (χ2n) is 17.4. The van der Waals surface area contributed by atoms with Crippen LogP contribution < -0.4 is 19.3 Å². The lowest BCUT2D eigenvalue weighted by atomic mass is 10.0. The monoisotopic (exact) mass is 783 g/mol. The summed E-state index contributed by atoms with van der Waals surface area (Å²) in [5, 5.41) is 0. The molecular formula is C53H86N2O2. The van der Waals surface area contributed by atoms with E-state index in [1.807, 2.05) is 0 Å².